The first-order chi connectivity index (χ1) is 12.7. The Morgan fingerprint density at radius 2 is 1.37 bits per heavy atom. The summed E-state index contributed by atoms with van der Waals surface area (Å²) in [6, 6.07) is 16.3. The maximum Gasteiger partial charge on any atom is 0.317 e. The van der Waals surface area contributed by atoms with E-state index in [0.717, 1.165) is 59.3 Å². The number of ether oxygens (including phenoxy) is 1. The lowest BCUT2D eigenvalue weighted by Crippen LogP contribution is -3.00. The summed E-state index contributed by atoms with van der Waals surface area (Å²) in [6.45, 7) is 11.7. The summed E-state index contributed by atoms with van der Waals surface area (Å²) >= 11 is 0. The molecule has 0 spiro atoms. The molecule has 0 N–H and O–H groups in total. The summed E-state index contributed by atoms with van der Waals surface area (Å²) in [5, 5.41) is 0. The van der Waals surface area contributed by atoms with Crippen LogP contribution in [0.15, 0.2) is 48.5 Å². The zero-order chi connectivity index (χ0) is 18.6. The first-order valence-corrected chi connectivity index (χ1v) is 9.85. The molecule has 0 aromatic heterocycles. The number of carbonyl (C=O) groups is 1. The van der Waals surface area contributed by atoms with E-state index in [9.17, 15) is 4.79 Å². The van der Waals surface area contributed by atoms with Gasteiger partial charge in [0.25, 0.3) is 0 Å². The number of esters is 1. The molecule has 0 bridgehead atoms. The number of hydrogen-bond donors (Lipinski definition) is 0. The summed E-state index contributed by atoms with van der Waals surface area (Å²) in [5.74, 6) is -0.407. The minimum atomic E-state index is -0.287. The number of fused-ring (bicyclic) bond motifs is 3. The van der Waals surface area contributed by atoms with E-state index in [0.29, 0.717) is 6.61 Å². The molecule has 0 saturated carbocycles. The van der Waals surface area contributed by atoms with E-state index in [1.807, 2.05) is 24.3 Å². The average molecular weight is 388 g/mol. The number of halogens is 1. The van der Waals surface area contributed by atoms with Gasteiger partial charge in [0, 0.05) is 6.42 Å². The topological polar surface area (TPSA) is 26.3 Å². The van der Waals surface area contributed by atoms with Crippen LogP contribution in [0.5, 0.6) is 0 Å². The molecule has 4 heteroatoms. The van der Waals surface area contributed by atoms with Crippen LogP contribution in [0.3, 0.4) is 0 Å². The third-order valence-corrected chi connectivity index (χ3v) is 6.10. The average Bonchev–Trinajstić information content (AvgIpc) is 3.03. The lowest BCUT2D eigenvalue weighted by Gasteiger charge is -2.35. The van der Waals surface area contributed by atoms with Gasteiger partial charge in [-0.3, -0.25) is 4.79 Å². The van der Waals surface area contributed by atoms with Crippen molar-refractivity contribution in [3.8, 4) is 11.1 Å². The number of benzene rings is 2. The maximum atomic E-state index is 12.9. The second-order valence-electron chi connectivity index (χ2n) is 7.14. The molecular formula is C23H30ClNO2. The highest BCUT2D eigenvalue weighted by atomic mass is 35.5. The van der Waals surface area contributed by atoms with Gasteiger partial charge < -0.3 is 21.6 Å². The van der Waals surface area contributed by atoms with Crippen LogP contribution in [0, 0.1) is 0 Å². The molecule has 0 aliphatic heterocycles. The Labute approximate surface area is 169 Å². The molecule has 0 fully saturated rings. The van der Waals surface area contributed by atoms with Crippen LogP contribution < -0.4 is 12.4 Å². The Morgan fingerprint density at radius 3 is 1.85 bits per heavy atom. The molecular weight excluding hydrogens is 358 g/mol. The first kappa shape index (κ1) is 21.5. The molecule has 3 rings (SSSR count). The van der Waals surface area contributed by atoms with Gasteiger partial charge in [-0.25, -0.2) is 0 Å². The Bertz CT molecular complexity index is 717. The Morgan fingerprint density at radius 1 is 0.889 bits per heavy atom. The fraction of sp³-hybridized carbons (Fsp3) is 0.435. The van der Waals surface area contributed by atoms with E-state index in [2.05, 4.69) is 45.0 Å². The van der Waals surface area contributed by atoms with Crippen molar-refractivity contribution in [2.75, 3.05) is 32.8 Å². The van der Waals surface area contributed by atoms with Crippen molar-refractivity contribution >= 4 is 5.97 Å². The maximum absolute atomic E-state index is 12.9. The van der Waals surface area contributed by atoms with E-state index < -0.39 is 0 Å². The van der Waals surface area contributed by atoms with E-state index >= 15 is 0 Å². The van der Waals surface area contributed by atoms with Gasteiger partial charge in [0.05, 0.1) is 32.8 Å². The first-order valence-electron chi connectivity index (χ1n) is 9.85. The van der Waals surface area contributed by atoms with Crippen molar-refractivity contribution in [1.29, 1.82) is 0 Å². The van der Waals surface area contributed by atoms with Gasteiger partial charge in [0.2, 0.25) is 0 Å². The van der Waals surface area contributed by atoms with Gasteiger partial charge in [-0.2, -0.15) is 0 Å². The standard InChI is InChI=1S/C23H30NO2.ClH/c1-4-24(5-2,6-3)16-11-17-26-23(25)22-20-14-9-7-12-18(20)19-13-8-10-15-21(19)22;/h7-10,12-15,22H,4-6,11,16-17H2,1-3H3;1H/q+1;/p-1. The zero-order valence-electron chi connectivity index (χ0n) is 16.6. The SMILES string of the molecule is CC[N+](CC)(CC)CCCOC(=O)C1c2ccccc2-c2ccccc21.[Cl-]. The second-order valence-corrected chi connectivity index (χ2v) is 7.14. The largest absolute Gasteiger partial charge is 1.00 e. The minimum absolute atomic E-state index is 0. The molecule has 1 aliphatic rings. The van der Waals surface area contributed by atoms with E-state index in [1.54, 1.807) is 0 Å². The van der Waals surface area contributed by atoms with Crippen LogP contribution in [0.2, 0.25) is 0 Å². The normalized spacial score (nSPS) is 12.9. The lowest BCUT2D eigenvalue weighted by atomic mass is 9.97. The van der Waals surface area contributed by atoms with E-state index in [1.165, 1.54) is 0 Å². The summed E-state index contributed by atoms with van der Waals surface area (Å²) in [6.07, 6.45) is 0.914. The molecule has 27 heavy (non-hydrogen) atoms. The van der Waals surface area contributed by atoms with Gasteiger partial charge in [-0.15, -0.1) is 0 Å². The summed E-state index contributed by atoms with van der Waals surface area (Å²) in [4.78, 5) is 12.9. The van der Waals surface area contributed by atoms with Gasteiger partial charge in [0.15, 0.2) is 0 Å². The molecule has 0 unspecified atom stereocenters. The smallest absolute Gasteiger partial charge is 0.317 e. The summed E-state index contributed by atoms with van der Waals surface area (Å²) in [7, 11) is 0. The van der Waals surface area contributed by atoms with E-state index in [4.69, 9.17) is 4.74 Å². The monoisotopic (exact) mass is 387 g/mol. The Kier molecular flexibility index (Phi) is 7.46. The van der Waals surface area contributed by atoms with Gasteiger partial charge >= 0.3 is 5.97 Å². The van der Waals surface area contributed by atoms with Gasteiger partial charge in [0.1, 0.15) is 5.92 Å². The number of hydrogen-bond acceptors (Lipinski definition) is 2. The highest BCUT2D eigenvalue weighted by Gasteiger charge is 2.34. The minimum Gasteiger partial charge on any atom is -1.00 e. The molecule has 0 amide bonds. The van der Waals surface area contributed by atoms with Crippen LogP contribution in [0.25, 0.3) is 11.1 Å². The van der Waals surface area contributed by atoms with E-state index in [-0.39, 0.29) is 24.3 Å². The number of carbonyl (C=O) groups excluding carboxylic acids is 1. The third-order valence-electron chi connectivity index (χ3n) is 6.10. The molecule has 0 atom stereocenters. The van der Waals surface area contributed by atoms with Crippen molar-refractivity contribution in [2.45, 2.75) is 33.1 Å². The Hall–Kier alpha value is -1.84. The van der Waals surface area contributed by atoms with Crippen molar-refractivity contribution in [3.05, 3.63) is 59.7 Å². The highest BCUT2D eigenvalue weighted by molar-refractivity contribution is 5.93. The highest BCUT2D eigenvalue weighted by Crippen LogP contribution is 2.44. The number of nitrogens with zero attached hydrogens (tertiary/aromatic N) is 1. The van der Waals surface area contributed by atoms with Gasteiger partial charge in [-0.1, -0.05) is 48.5 Å². The quantitative estimate of drug-likeness (QED) is 0.391. The molecule has 0 radical (unpaired) electrons. The summed E-state index contributed by atoms with van der Waals surface area (Å²) < 4.78 is 6.81. The van der Waals surface area contributed by atoms with Gasteiger partial charge in [-0.05, 0) is 43.0 Å². The number of rotatable bonds is 8. The molecule has 2 aromatic carbocycles. The molecule has 0 saturated heterocycles. The predicted octanol–water partition coefficient (Wildman–Crippen LogP) is 1.61. The van der Waals surface area contributed by atoms with Crippen LogP contribution in [-0.2, 0) is 9.53 Å². The molecule has 1 aliphatic carbocycles. The fourth-order valence-electron chi connectivity index (χ4n) is 4.21. The third kappa shape index (κ3) is 4.20. The van der Waals surface area contributed by atoms with Crippen LogP contribution >= 0.6 is 0 Å². The van der Waals surface area contributed by atoms with Crippen molar-refractivity contribution in [1.82, 2.24) is 0 Å². The molecule has 146 valence electrons. The fourth-order valence-corrected chi connectivity index (χ4v) is 4.21. The molecule has 2 aromatic rings. The van der Waals surface area contributed by atoms with Crippen LogP contribution in [0.1, 0.15) is 44.2 Å². The predicted molar refractivity (Wildman–Crippen MR) is 106 cm³/mol. The number of quaternary nitrogens is 1. The molecule has 0 heterocycles. The summed E-state index contributed by atoms with van der Waals surface area (Å²) in [5.41, 5.74) is 4.45. The van der Waals surface area contributed by atoms with Crippen molar-refractivity contribution < 1.29 is 26.4 Å². The molecule has 3 nitrogen and oxygen atoms in total. The zero-order valence-corrected chi connectivity index (χ0v) is 17.3. The van der Waals surface area contributed by atoms with Crippen LogP contribution in [0.4, 0.5) is 0 Å². The lowest BCUT2D eigenvalue weighted by molar-refractivity contribution is -0.923. The second kappa shape index (κ2) is 9.38. The van der Waals surface area contributed by atoms with Crippen molar-refractivity contribution in [2.24, 2.45) is 0 Å². The van der Waals surface area contributed by atoms with Crippen LogP contribution in [-0.4, -0.2) is 43.2 Å². The van der Waals surface area contributed by atoms with Crippen molar-refractivity contribution in [3.63, 3.8) is 0 Å². The Balaban J connectivity index is 0.00000261.